The van der Waals surface area contributed by atoms with Crippen LogP contribution in [0.2, 0.25) is 0 Å². The van der Waals surface area contributed by atoms with Crippen molar-refractivity contribution in [2.45, 2.75) is 26.8 Å². The fraction of sp³-hybridized carbons (Fsp3) is 0.538. The molecule has 5 heteroatoms. The van der Waals surface area contributed by atoms with Gasteiger partial charge in [0.25, 0.3) is 0 Å². The zero-order valence-corrected chi connectivity index (χ0v) is 12.1. The minimum absolute atomic E-state index is 0.180. The van der Waals surface area contributed by atoms with Crippen molar-refractivity contribution in [1.29, 1.82) is 0 Å². The molecule has 0 fully saturated rings. The first-order valence-corrected chi connectivity index (χ1v) is 7.73. The summed E-state index contributed by atoms with van der Waals surface area (Å²) in [5.74, 6) is 0.563. The number of rotatable bonds is 6. The topological polar surface area (TPSA) is 63.4 Å². The molecule has 0 saturated heterocycles. The Hall–Kier alpha value is -1.07. The summed E-state index contributed by atoms with van der Waals surface area (Å²) in [6.45, 7) is 4.50. The summed E-state index contributed by atoms with van der Waals surface area (Å²) in [6.07, 6.45) is 0.674. The van der Waals surface area contributed by atoms with Gasteiger partial charge in [0.1, 0.15) is 0 Å². The maximum absolute atomic E-state index is 12.1. The Balaban J connectivity index is 2.81. The molecule has 0 radical (unpaired) electrons. The average molecular weight is 270 g/mol. The van der Waals surface area contributed by atoms with Crippen LogP contribution >= 0.6 is 0 Å². The molecule has 102 valence electrons. The molecule has 0 heterocycles. The highest BCUT2D eigenvalue weighted by molar-refractivity contribution is 7.92. The molecule has 0 bridgehead atoms. The average Bonchev–Trinajstić information content (AvgIpc) is 2.36. The number of nitrogens with two attached hydrogens (primary N) is 1. The van der Waals surface area contributed by atoms with Gasteiger partial charge in [-0.3, -0.25) is 4.31 Å². The Labute approximate surface area is 110 Å². The molecular weight excluding hydrogens is 248 g/mol. The van der Waals surface area contributed by atoms with Crippen LogP contribution in [-0.4, -0.2) is 21.2 Å². The predicted octanol–water partition coefficient (Wildman–Crippen LogP) is 1.96. The minimum Gasteiger partial charge on any atom is -0.326 e. The molecule has 4 nitrogen and oxygen atoms in total. The summed E-state index contributed by atoms with van der Waals surface area (Å²) in [5.41, 5.74) is 7.18. The van der Waals surface area contributed by atoms with E-state index in [1.807, 2.05) is 26.0 Å². The standard InChI is InChI=1S/C13H22N2O2S/c1-11(2)8-9-18(16,17)15(3)13-6-4-12(10-14)5-7-13/h4-7,11H,8-10,14H2,1-3H3. The SMILES string of the molecule is CC(C)CCS(=O)(=O)N(C)c1ccc(CN)cc1. The van der Waals surface area contributed by atoms with Gasteiger partial charge in [0.05, 0.1) is 11.4 Å². The van der Waals surface area contributed by atoms with E-state index in [2.05, 4.69) is 0 Å². The summed E-state index contributed by atoms with van der Waals surface area (Å²) in [7, 11) is -1.64. The summed E-state index contributed by atoms with van der Waals surface area (Å²) in [6, 6.07) is 7.28. The van der Waals surface area contributed by atoms with Gasteiger partial charge < -0.3 is 5.73 Å². The van der Waals surface area contributed by atoms with E-state index < -0.39 is 10.0 Å². The first-order chi connectivity index (χ1) is 8.36. The molecule has 0 atom stereocenters. The van der Waals surface area contributed by atoms with Crippen molar-refractivity contribution in [2.75, 3.05) is 17.1 Å². The smallest absolute Gasteiger partial charge is 0.234 e. The second-order valence-corrected chi connectivity index (χ2v) is 6.96. The van der Waals surface area contributed by atoms with Crippen molar-refractivity contribution in [2.24, 2.45) is 11.7 Å². The second-order valence-electron chi connectivity index (χ2n) is 4.84. The van der Waals surface area contributed by atoms with Crippen LogP contribution in [-0.2, 0) is 16.6 Å². The number of anilines is 1. The van der Waals surface area contributed by atoms with Gasteiger partial charge >= 0.3 is 0 Å². The van der Waals surface area contributed by atoms with E-state index >= 15 is 0 Å². The van der Waals surface area contributed by atoms with Crippen LogP contribution in [0.5, 0.6) is 0 Å². The largest absolute Gasteiger partial charge is 0.326 e. The van der Waals surface area contributed by atoms with E-state index in [0.29, 0.717) is 24.6 Å². The predicted molar refractivity (Wildman–Crippen MR) is 76.0 cm³/mol. The number of benzene rings is 1. The molecule has 18 heavy (non-hydrogen) atoms. The summed E-state index contributed by atoms with van der Waals surface area (Å²) in [4.78, 5) is 0. The van der Waals surface area contributed by atoms with Gasteiger partial charge in [-0.05, 0) is 30.0 Å². The molecule has 0 aliphatic carbocycles. The minimum atomic E-state index is -3.23. The second kappa shape index (κ2) is 6.20. The van der Waals surface area contributed by atoms with Crippen molar-refractivity contribution in [3.05, 3.63) is 29.8 Å². The Bertz CT molecular complexity index is 466. The Morgan fingerprint density at radius 2 is 1.78 bits per heavy atom. The first-order valence-electron chi connectivity index (χ1n) is 6.12. The summed E-state index contributed by atoms with van der Waals surface area (Å²) >= 11 is 0. The third-order valence-electron chi connectivity index (χ3n) is 2.91. The molecule has 0 aliphatic heterocycles. The quantitative estimate of drug-likeness (QED) is 0.859. The normalized spacial score (nSPS) is 11.8. The molecule has 0 aliphatic rings. The van der Waals surface area contributed by atoms with Crippen molar-refractivity contribution in [3.63, 3.8) is 0 Å². The third kappa shape index (κ3) is 3.99. The van der Waals surface area contributed by atoms with Crippen molar-refractivity contribution in [1.82, 2.24) is 0 Å². The fourth-order valence-corrected chi connectivity index (χ4v) is 3.01. The molecule has 1 aromatic rings. The maximum Gasteiger partial charge on any atom is 0.234 e. The molecule has 0 unspecified atom stereocenters. The van der Waals surface area contributed by atoms with E-state index in [1.54, 1.807) is 19.2 Å². The van der Waals surface area contributed by atoms with Crippen molar-refractivity contribution >= 4 is 15.7 Å². The highest BCUT2D eigenvalue weighted by Gasteiger charge is 2.18. The van der Waals surface area contributed by atoms with Crippen LogP contribution in [0.4, 0.5) is 5.69 Å². The van der Waals surface area contributed by atoms with Gasteiger partial charge in [-0.15, -0.1) is 0 Å². The van der Waals surface area contributed by atoms with Crippen molar-refractivity contribution < 1.29 is 8.42 Å². The lowest BCUT2D eigenvalue weighted by Crippen LogP contribution is -2.29. The lowest BCUT2D eigenvalue weighted by molar-refractivity contribution is 0.572. The lowest BCUT2D eigenvalue weighted by atomic mass is 10.2. The summed E-state index contributed by atoms with van der Waals surface area (Å²) in [5, 5.41) is 0. The first kappa shape index (κ1) is 15.0. The van der Waals surface area contributed by atoms with Crippen LogP contribution in [0.15, 0.2) is 24.3 Å². The van der Waals surface area contributed by atoms with E-state index in [0.717, 1.165) is 5.56 Å². The van der Waals surface area contributed by atoms with Crippen molar-refractivity contribution in [3.8, 4) is 0 Å². The van der Waals surface area contributed by atoms with Crippen LogP contribution in [0.25, 0.3) is 0 Å². The van der Waals surface area contributed by atoms with E-state index in [1.165, 1.54) is 4.31 Å². The molecule has 0 aromatic heterocycles. The van der Waals surface area contributed by atoms with Crippen LogP contribution in [0.1, 0.15) is 25.8 Å². The zero-order valence-electron chi connectivity index (χ0n) is 11.3. The number of sulfonamides is 1. The maximum atomic E-state index is 12.1. The molecule has 1 aromatic carbocycles. The Morgan fingerprint density at radius 3 is 2.22 bits per heavy atom. The monoisotopic (exact) mass is 270 g/mol. The van der Waals surface area contributed by atoms with Gasteiger partial charge in [-0.2, -0.15) is 0 Å². The number of nitrogens with zero attached hydrogens (tertiary/aromatic N) is 1. The number of hydrogen-bond acceptors (Lipinski definition) is 3. The van der Waals surface area contributed by atoms with Gasteiger partial charge in [-0.1, -0.05) is 26.0 Å². The summed E-state index contributed by atoms with van der Waals surface area (Å²) < 4.78 is 25.5. The number of hydrogen-bond donors (Lipinski definition) is 1. The zero-order chi connectivity index (χ0) is 13.8. The van der Waals surface area contributed by atoms with E-state index in [9.17, 15) is 8.42 Å². The van der Waals surface area contributed by atoms with Gasteiger partial charge in [-0.25, -0.2) is 8.42 Å². The third-order valence-corrected chi connectivity index (χ3v) is 4.70. The van der Waals surface area contributed by atoms with Gasteiger partial charge in [0.15, 0.2) is 0 Å². The van der Waals surface area contributed by atoms with E-state index in [4.69, 9.17) is 5.73 Å². The van der Waals surface area contributed by atoms with Gasteiger partial charge in [0, 0.05) is 13.6 Å². The fourth-order valence-electron chi connectivity index (χ4n) is 1.52. The Morgan fingerprint density at radius 1 is 1.22 bits per heavy atom. The Kier molecular flexibility index (Phi) is 5.16. The molecule has 0 amide bonds. The molecule has 0 spiro atoms. The highest BCUT2D eigenvalue weighted by atomic mass is 32.2. The lowest BCUT2D eigenvalue weighted by Gasteiger charge is -2.20. The molecular formula is C13H22N2O2S. The molecule has 1 rings (SSSR count). The van der Waals surface area contributed by atoms with Gasteiger partial charge in [0.2, 0.25) is 10.0 Å². The highest BCUT2D eigenvalue weighted by Crippen LogP contribution is 2.18. The van der Waals surface area contributed by atoms with Crippen LogP contribution in [0.3, 0.4) is 0 Å². The molecule has 2 N–H and O–H groups in total. The van der Waals surface area contributed by atoms with Crippen LogP contribution in [0, 0.1) is 5.92 Å². The van der Waals surface area contributed by atoms with Crippen LogP contribution < -0.4 is 10.0 Å². The van der Waals surface area contributed by atoms with E-state index in [-0.39, 0.29) is 5.75 Å². The molecule has 0 saturated carbocycles.